The third-order valence-electron chi connectivity index (χ3n) is 4.18. The number of aryl methyl sites for hydroxylation is 2. The van der Waals surface area contributed by atoms with Crippen LogP contribution in [-0.4, -0.2) is 40.1 Å². The van der Waals surface area contributed by atoms with Crippen molar-refractivity contribution >= 4 is 5.91 Å². The molecule has 1 aromatic carbocycles. The van der Waals surface area contributed by atoms with Crippen LogP contribution in [0.3, 0.4) is 0 Å². The molecule has 1 amide bonds. The van der Waals surface area contributed by atoms with Gasteiger partial charge in [0.25, 0.3) is 0 Å². The van der Waals surface area contributed by atoms with Gasteiger partial charge in [0.05, 0.1) is 11.8 Å². The van der Waals surface area contributed by atoms with E-state index < -0.39 is 0 Å². The highest BCUT2D eigenvalue weighted by Gasteiger charge is 2.22. The van der Waals surface area contributed by atoms with Crippen molar-refractivity contribution in [3.63, 3.8) is 0 Å². The molecule has 0 radical (unpaired) electrons. The topological polar surface area (TPSA) is 66.6 Å². The SMILES string of the molecule is Cc1nc(CCC(=O)N2CCCC(O)C2)oc1-c1ccccc1. The number of piperidine rings is 1. The molecule has 0 bridgehead atoms. The molecule has 1 aromatic heterocycles. The predicted molar refractivity (Wildman–Crippen MR) is 86.8 cm³/mol. The summed E-state index contributed by atoms with van der Waals surface area (Å²) < 4.78 is 5.83. The second-order valence-corrected chi connectivity index (χ2v) is 6.02. The van der Waals surface area contributed by atoms with Gasteiger partial charge >= 0.3 is 0 Å². The summed E-state index contributed by atoms with van der Waals surface area (Å²) in [6.07, 6.45) is 2.10. The zero-order valence-corrected chi connectivity index (χ0v) is 13.4. The molecule has 23 heavy (non-hydrogen) atoms. The van der Waals surface area contributed by atoms with E-state index in [0.29, 0.717) is 25.3 Å². The minimum Gasteiger partial charge on any atom is -0.440 e. The van der Waals surface area contributed by atoms with Gasteiger partial charge < -0.3 is 14.4 Å². The second kappa shape index (κ2) is 6.96. The Kier molecular flexibility index (Phi) is 4.76. The highest BCUT2D eigenvalue weighted by Crippen LogP contribution is 2.24. The lowest BCUT2D eigenvalue weighted by atomic mass is 10.1. The van der Waals surface area contributed by atoms with Gasteiger partial charge in [-0.05, 0) is 19.8 Å². The van der Waals surface area contributed by atoms with Crippen LogP contribution >= 0.6 is 0 Å². The van der Waals surface area contributed by atoms with Gasteiger partial charge in [-0.15, -0.1) is 0 Å². The molecule has 5 nitrogen and oxygen atoms in total. The number of rotatable bonds is 4. The van der Waals surface area contributed by atoms with Crippen LogP contribution in [0.25, 0.3) is 11.3 Å². The predicted octanol–water partition coefficient (Wildman–Crippen LogP) is 2.57. The minimum absolute atomic E-state index is 0.0564. The first-order valence-electron chi connectivity index (χ1n) is 8.11. The molecule has 1 unspecified atom stereocenters. The first kappa shape index (κ1) is 15.7. The van der Waals surface area contributed by atoms with Gasteiger partial charge in [-0.2, -0.15) is 0 Å². The van der Waals surface area contributed by atoms with E-state index in [2.05, 4.69) is 4.98 Å². The molecule has 1 fully saturated rings. The van der Waals surface area contributed by atoms with Crippen LogP contribution in [0, 0.1) is 6.92 Å². The molecule has 0 spiro atoms. The third-order valence-corrected chi connectivity index (χ3v) is 4.18. The summed E-state index contributed by atoms with van der Waals surface area (Å²) in [6.45, 7) is 3.09. The lowest BCUT2D eigenvalue weighted by molar-refractivity contribution is -0.134. The zero-order valence-electron chi connectivity index (χ0n) is 13.4. The number of aromatic nitrogens is 1. The van der Waals surface area contributed by atoms with Crippen LogP contribution in [0.15, 0.2) is 34.7 Å². The molecule has 5 heteroatoms. The van der Waals surface area contributed by atoms with Gasteiger partial charge in [-0.3, -0.25) is 4.79 Å². The lowest BCUT2D eigenvalue weighted by Crippen LogP contribution is -2.42. The monoisotopic (exact) mass is 314 g/mol. The summed E-state index contributed by atoms with van der Waals surface area (Å²) in [7, 11) is 0. The molecule has 2 aromatic rings. The number of oxazole rings is 1. The number of carbonyl (C=O) groups is 1. The number of aliphatic hydroxyl groups is 1. The highest BCUT2D eigenvalue weighted by molar-refractivity contribution is 5.76. The quantitative estimate of drug-likeness (QED) is 0.942. The van der Waals surface area contributed by atoms with Crippen molar-refractivity contribution in [3.05, 3.63) is 41.9 Å². The van der Waals surface area contributed by atoms with E-state index in [4.69, 9.17) is 4.42 Å². The van der Waals surface area contributed by atoms with Crippen molar-refractivity contribution < 1.29 is 14.3 Å². The number of β-amino-alcohol motifs (C(OH)–C–C–N with tert-alkyl or cyclic N) is 1. The summed E-state index contributed by atoms with van der Waals surface area (Å²) in [5.74, 6) is 1.41. The first-order chi connectivity index (χ1) is 11.1. The van der Waals surface area contributed by atoms with Crippen molar-refractivity contribution in [1.82, 2.24) is 9.88 Å². The Morgan fingerprint density at radius 1 is 1.39 bits per heavy atom. The first-order valence-corrected chi connectivity index (χ1v) is 8.11. The molecule has 2 heterocycles. The fourth-order valence-corrected chi connectivity index (χ4v) is 2.97. The normalized spacial score (nSPS) is 18.2. The van der Waals surface area contributed by atoms with E-state index in [1.165, 1.54) is 0 Å². The largest absolute Gasteiger partial charge is 0.440 e. The average Bonchev–Trinajstić information content (AvgIpc) is 2.94. The Morgan fingerprint density at radius 3 is 2.91 bits per heavy atom. The molecule has 122 valence electrons. The van der Waals surface area contributed by atoms with Crippen LogP contribution in [0.1, 0.15) is 30.8 Å². The summed E-state index contributed by atoms with van der Waals surface area (Å²) in [4.78, 5) is 18.4. The summed E-state index contributed by atoms with van der Waals surface area (Å²) in [5.41, 5.74) is 1.83. The number of nitrogens with zero attached hydrogens (tertiary/aromatic N) is 2. The molecule has 0 aliphatic carbocycles. The van der Waals surface area contributed by atoms with Gasteiger partial charge in [0.15, 0.2) is 11.7 Å². The van der Waals surface area contributed by atoms with Crippen molar-refractivity contribution in [2.45, 2.75) is 38.7 Å². The Balaban J connectivity index is 1.62. The van der Waals surface area contributed by atoms with Crippen molar-refractivity contribution in [1.29, 1.82) is 0 Å². The maximum absolute atomic E-state index is 12.2. The maximum atomic E-state index is 12.2. The number of likely N-dealkylation sites (tertiary alicyclic amines) is 1. The van der Waals surface area contributed by atoms with Crippen LogP contribution < -0.4 is 0 Å². The Morgan fingerprint density at radius 2 is 2.17 bits per heavy atom. The van der Waals surface area contributed by atoms with Crippen molar-refractivity contribution in [3.8, 4) is 11.3 Å². The molecule has 0 saturated carbocycles. The maximum Gasteiger partial charge on any atom is 0.223 e. The van der Waals surface area contributed by atoms with E-state index in [1.807, 2.05) is 37.3 Å². The van der Waals surface area contributed by atoms with E-state index in [1.54, 1.807) is 4.90 Å². The average molecular weight is 314 g/mol. The molecule has 1 atom stereocenters. The van der Waals surface area contributed by atoms with Gasteiger partial charge in [0.1, 0.15) is 0 Å². The standard InChI is InChI=1S/C18H22N2O3/c1-13-18(14-6-3-2-4-7-14)23-16(19-13)9-10-17(22)20-11-5-8-15(21)12-20/h2-4,6-7,15,21H,5,8-12H2,1H3. The number of aliphatic hydroxyl groups excluding tert-OH is 1. The molecule has 1 N–H and O–H groups in total. The lowest BCUT2D eigenvalue weighted by Gasteiger charge is -2.30. The molecule has 1 saturated heterocycles. The fourth-order valence-electron chi connectivity index (χ4n) is 2.97. The fraction of sp³-hybridized carbons (Fsp3) is 0.444. The number of hydrogen-bond donors (Lipinski definition) is 1. The van der Waals surface area contributed by atoms with Crippen LogP contribution in [0.5, 0.6) is 0 Å². The van der Waals surface area contributed by atoms with Gasteiger partial charge in [0.2, 0.25) is 5.91 Å². The summed E-state index contributed by atoms with van der Waals surface area (Å²) in [5, 5.41) is 9.65. The molecule has 1 aliphatic rings. The van der Waals surface area contributed by atoms with Gasteiger partial charge in [-0.25, -0.2) is 4.98 Å². The Bertz CT molecular complexity index is 666. The minimum atomic E-state index is -0.388. The van der Waals surface area contributed by atoms with Crippen LogP contribution in [-0.2, 0) is 11.2 Å². The number of hydrogen-bond acceptors (Lipinski definition) is 4. The zero-order chi connectivity index (χ0) is 16.2. The second-order valence-electron chi connectivity index (χ2n) is 6.02. The van der Waals surface area contributed by atoms with E-state index in [0.717, 1.165) is 36.4 Å². The third kappa shape index (κ3) is 3.79. The van der Waals surface area contributed by atoms with Crippen molar-refractivity contribution in [2.75, 3.05) is 13.1 Å². The molecular weight excluding hydrogens is 292 g/mol. The van der Waals surface area contributed by atoms with Gasteiger partial charge in [0, 0.05) is 31.5 Å². The summed E-state index contributed by atoms with van der Waals surface area (Å²) in [6, 6.07) is 9.85. The Hall–Kier alpha value is -2.14. The number of benzene rings is 1. The summed E-state index contributed by atoms with van der Waals surface area (Å²) >= 11 is 0. The van der Waals surface area contributed by atoms with E-state index in [9.17, 15) is 9.90 Å². The van der Waals surface area contributed by atoms with E-state index >= 15 is 0 Å². The van der Waals surface area contributed by atoms with E-state index in [-0.39, 0.29) is 12.0 Å². The smallest absolute Gasteiger partial charge is 0.223 e. The molecular formula is C18H22N2O3. The van der Waals surface area contributed by atoms with Crippen LogP contribution in [0.2, 0.25) is 0 Å². The molecule has 1 aliphatic heterocycles. The van der Waals surface area contributed by atoms with Gasteiger partial charge in [-0.1, -0.05) is 30.3 Å². The van der Waals surface area contributed by atoms with Crippen molar-refractivity contribution in [2.24, 2.45) is 0 Å². The number of amides is 1. The number of carbonyl (C=O) groups excluding carboxylic acids is 1. The highest BCUT2D eigenvalue weighted by atomic mass is 16.4. The Labute approximate surface area is 135 Å². The molecule has 3 rings (SSSR count). The van der Waals surface area contributed by atoms with Crippen LogP contribution in [0.4, 0.5) is 0 Å².